The normalized spacial score (nSPS) is 17.2. The summed E-state index contributed by atoms with van der Waals surface area (Å²) >= 11 is 0. The molecule has 4 nitrogen and oxygen atoms in total. The van der Waals surface area contributed by atoms with E-state index in [-0.39, 0.29) is 16.4 Å². The molecule has 21 heavy (non-hydrogen) atoms. The molecule has 0 fully saturated rings. The first-order chi connectivity index (χ1) is 9.70. The topological polar surface area (TPSA) is 63.6 Å². The number of ketones is 1. The number of sulfonamides is 1. The summed E-state index contributed by atoms with van der Waals surface area (Å²) in [5.74, 6) is -0.131. The molecule has 0 saturated carbocycles. The number of aryl methyl sites for hydroxylation is 3. The molecule has 0 radical (unpaired) electrons. The second-order valence-electron chi connectivity index (χ2n) is 5.24. The van der Waals surface area contributed by atoms with Crippen LogP contribution in [0.2, 0.25) is 0 Å². The molecular weight excluding hydrogens is 286 g/mol. The van der Waals surface area contributed by atoms with Crippen LogP contribution in [0.5, 0.6) is 0 Å². The number of hydrogen-bond donors (Lipinski definition) is 0. The third-order valence-electron chi connectivity index (χ3n) is 3.25. The van der Waals surface area contributed by atoms with E-state index >= 15 is 0 Å². The Kier molecular flexibility index (Phi) is 3.96. The third kappa shape index (κ3) is 3.19. The highest BCUT2D eigenvalue weighted by Gasteiger charge is 2.20. The lowest BCUT2D eigenvalue weighted by atomic mass is 10.1. The van der Waals surface area contributed by atoms with Crippen LogP contribution in [0.3, 0.4) is 0 Å². The molecule has 0 amide bonds. The summed E-state index contributed by atoms with van der Waals surface area (Å²) in [5, 5.41) is 0. The minimum atomic E-state index is -3.80. The van der Waals surface area contributed by atoms with Gasteiger partial charge in [-0.15, -0.1) is 0 Å². The summed E-state index contributed by atoms with van der Waals surface area (Å²) in [6, 6.07) is 3.64. The van der Waals surface area contributed by atoms with Gasteiger partial charge in [-0.3, -0.25) is 4.79 Å². The average Bonchev–Trinajstić information content (AvgIpc) is 2.31. The molecule has 0 atom stereocenters. The summed E-state index contributed by atoms with van der Waals surface area (Å²) < 4.78 is 28.9. The molecule has 0 aromatic heterocycles. The van der Waals surface area contributed by atoms with Crippen molar-refractivity contribution in [1.29, 1.82) is 0 Å². The number of rotatable bonds is 2. The van der Waals surface area contributed by atoms with Gasteiger partial charge in [-0.1, -0.05) is 17.7 Å². The summed E-state index contributed by atoms with van der Waals surface area (Å²) in [6.07, 6.45) is 4.24. The van der Waals surface area contributed by atoms with Crippen molar-refractivity contribution in [2.24, 2.45) is 4.40 Å². The number of carbonyl (C=O) groups excluding carboxylic acids is 1. The first-order valence-corrected chi connectivity index (χ1v) is 7.98. The van der Waals surface area contributed by atoms with Crippen LogP contribution in [0.25, 0.3) is 0 Å². The minimum absolute atomic E-state index is 0.131. The quantitative estimate of drug-likeness (QED) is 0.789. The van der Waals surface area contributed by atoms with Gasteiger partial charge in [0.25, 0.3) is 10.0 Å². The van der Waals surface area contributed by atoms with Crippen LogP contribution in [0.1, 0.15) is 23.6 Å². The highest BCUT2D eigenvalue weighted by atomic mass is 32.2. The Morgan fingerprint density at radius 2 is 1.52 bits per heavy atom. The first-order valence-electron chi connectivity index (χ1n) is 6.54. The lowest BCUT2D eigenvalue weighted by Crippen LogP contribution is -2.09. The molecule has 1 aliphatic carbocycles. The molecule has 2 rings (SSSR count). The van der Waals surface area contributed by atoms with Crippen molar-refractivity contribution in [1.82, 2.24) is 0 Å². The Morgan fingerprint density at radius 1 is 0.952 bits per heavy atom. The number of carbonyl (C=O) groups is 1. The van der Waals surface area contributed by atoms with Crippen molar-refractivity contribution >= 4 is 21.5 Å². The molecule has 0 heterocycles. The Bertz CT molecular complexity index is 789. The lowest BCUT2D eigenvalue weighted by Gasteiger charge is -2.10. The van der Waals surface area contributed by atoms with Crippen LogP contribution in [0.4, 0.5) is 0 Å². The highest BCUT2D eigenvalue weighted by molar-refractivity contribution is 7.90. The van der Waals surface area contributed by atoms with E-state index in [2.05, 4.69) is 4.40 Å². The van der Waals surface area contributed by atoms with Crippen LogP contribution in [-0.2, 0) is 14.8 Å². The van der Waals surface area contributed by atoms with Gasteiger partial charge < -0.3 is 0 Å². The van der Waals surface area contributed by atoms with E-state index in [4.69, 9.17) is 0 Å². The monoisotopic (exact) mass is 303 g/mol. The van der Waals surface area contributed by atoms with E-state index < -0.39 is 10.0 Å². The fraction of sp³-hybridized carbons (Fsp3) is 0.250. The van der Waals surface area contributed by atoms with Gasteiger partial charge in [-0.05, 0) is 62.6 Å². The zero-order chi connectivity index (χ0) is 15.8. The Morgan fingerprint density at radius 3 is 2.05 bits per heavy atom. The Balaban J connectivity index is 2.55. The van der Waals surface area contributed by atoms with Crippen molar-refractivity contribution in [2.75, 3.05) is 0 Å². The highest BCUT2D eigenvalue weighted by Crippen LogP contribution is 2.24. The maximum absolute atomic E-state index is 12.5. The summed E-state index contributed by atoms with van der Waals surface area (Å²) in [5.41, 5.74) is 3.10. The van der Waals surface area contributed by atoms with Gasteiger partial charge in [-0.2, -0.15) is 12.8 Å². The second kappa shape index (κ2) is 5.41. The third-order valence-corrected chi connectivity index (χ3v) is 4.86. The Labute approximate surface area is 125 Å². The zero-order valence-corrected chi connectivity index (χ0v) is 13.3. The molecule has 0 spiro atoms. The van der Waals surface area contributed by atoms with E-state index in [9.17, 15) is 13.2 Å². The lowest BCUT2D eigenvalue weighted by molar-refractivity contribution is -0.111. The van der Waals surface area contributed by atoms with Gasteiger partial charge in [0.2, 0.25) is 0 Å². The average molecular weight is 303 g/mol. The fourth-order valence-electron chi connectivity index (χ4n) is 2.45. The van der Waals surface area contributed by atoms with Crippen molar-refractivity contribution in [3.63, 3.8) is 0 Å². The number of hydrogen-bond acceptors (Lipinski definition) is 3. The van der Waals surface area contributed by atoms with Gasteiger partial charge in [0.1, 0.15) is 0 Å². The zero-order valence-electron chi connectivity index (χ0n) is 12.5. The second-order valence-corrected chi connectivity index (χ2v) is 6.78. The van der Waals surface area contributed by atoms with Crippen LogP contribution < -0.4 is 0 Å². The molecule has 1 aromatic carbocycles. The predicted molar refractivity (Wildman–Crippen MR) is 83.2 cm³/mol. The number of benzene rings is 1. The largest absolute Gasteiger partial charge is 0.290 e. The maximum atomic E-state index is 12.5. The molecule has 0 unspecified atom stereocenters. The van der Waals surface area contributed by atoms with Gasteiger partial charge in [0, 0.05) is 0 Å². The maximum Gasteiger partial charge on any atom is 0.283 e. The molecular formula is C16H17NO3S. The van der Waals surface area contributed by atoms with Crippen LogP contribution in [-0.4, -0.2) is 19.9 Å². The van der Waals surface area contributed by atoms with Crippen molar-refractivity contribution in [3.8, 4) is 0 Å². The SMILES string of the molecule is CC1=CC(=NS(=O)(=O)c2c(C)cc(C)cc2C)C=CC1=O. The molecule has 1 aromatic rings. The smallest absolute Gasteiger partial charge is 0.283 e. The van der Waals surface area contributed by atoms with Gasteiger partial charge in [0.05, 0.1) is 10.6 Å². The van der Waals surface area contributed by atoms with Crippen LogP contribution >= 0.6 is 0 Å². The van der Waals surface area contributed by atoms with Gasteiger partial charge >= 0.3 is 0 Å². The van der Waals surface area contributed by atoms with Crippen molar-refractivity contribution in [2.45, 2.75) is 32.6 Å². The molecule has 0 bridgehead atoms. The van der Waals surface area contributed by atoms with Gasteiger partial charge in [0.15, 0.2) is 5.78 Å². The van der Waals surface area contributed by atoms with E-state index in [0.29, 0.717) is 16.7 Å². The molecule has 110 valence electrons. The predicted octanol–water partition coefficient (Wildman–Crippen LogP) is 2.83. The summed E-state index contributed by atoms with van der Waals surface area (Å²) in [6.45, 7) is 7.07. The molecule has 0 aliphatic heterocycles. The Hall–Kier alpha value is -2.01. The molecule has 5 heteroatoms. The van der Waals surface area contributed by atoms with E-state index in [1.54, 1.807) is 20.8 Å². The molecule has 1 aliphatic rings. The number of allylic oxidation sites excluding steroid dienone is 4. The van der Waals surface area contributed by atoms with Crippen molar-refractivity contribution in [3.05, 3.63) is 52.6 Å². The fourth-order valence-corrected chi connectivity index (χ4v) is 3.86. The van der Waals surface area contributed by atoms with Gasteiger partial charge in [-0.25, -0.2) is 0 Å². The first kappa shape index (κ1) is 15.4. The van der Waals surface area contributed by atoms with Crippen molar-refractivity contribution < 1.29 is 13.2 Å². The minimum Gasteiger partial charge on any atom is -0.290 e. The van der Waals surface area contributed by atoms with E-state index in [0.717, 1.165) is 5.56 Å². The molecule has 0 saturated heterocycles. The van der Waals surface area contributed by atoms with E-state index in [1.807, 2.05) is 19.1 Å². The van der Waals surface area contributed by atoms with E-state index in [1.165, 1.54) is 18.2 Å². The van der Waals surface area contributed by atoms with Crippen LogP contribution in [0.15, 0.2) is 45.2 Å². The number of nitrogens with zero attached hydrogens (tertiary/aromatic N) is 1. The summed E-state index contributed by atoms with van der Waals surface area (Å²) in [7, 11) is -3.80. The molecule has 0 N–H and O–H groups in total. The standard InChI is InChI=1S/C16H17NO3S/c1-10-7-12(3)16(13(4)8-10)21(19,20)17-14-5-6-15(18)11(2)9-14/h5-9H,1-4H3. The summed E-state index contributed by atoms with van der Waals surface area (Å²) in [4.78, 5) is 11.6. The van der Waals surface area contributed by atoms with Crippen LogP contribution in [0, 0.1) is 20.8 Å².